The zero-order valence-electron chi connectivity index (χ0n) is 11.7. The second kappa shape index (κ2) is 6.53. The van der Waals surface area contributed by atoms with Gasteiger partial charge in [0.05, 0.1) is 0 Å². The molecule has 3 heteroatoms. The lowest BCUT2D eigenvalue weighted by Gasteiger charge is -2.08. The van der Waals surface area contributed by atoms with Crippen molar-refractivity contribution in [2.45, 2.75) is 32.6 Å². The van der Waals surface area contributed by atoms with Gasteiger partial charge in [-0.15, -0.1) is 0 Å². The third-order valence-corrected chi connectivity index (χ3v) is 3.58. The zero-order chi connectivity index (χ0) is 13.7. The van der Waals surface area contributed by atoms with Crippen molar-refractivity contribution in [1.82, 2.24) is 4.98 Å². The molecule has 102 valence electrons. The van der Waals surface area contributed by atoms with E-state index in [1.165, 1.54) is 0 Å². The maximum Gasteiger partial charge on any atom is 0.251 e. The summed E-state index contributed by atoms with van der Waals surface area (Å²) in [7, 11) is 1.72. The molecule has 0 aliphatic heterocycles. The van der Waals surface area contributed by atoms with Crippen LogP contribution in [-0.4, -0.2) is 18.7 Å². The third-order valence-electron chi connectivity index (χ3n) is 3.58. The zero-order valence-corrected chi connectivity index (χ0v) is 11.7. The maximum atomic E-state index is 12.1. The fraction of sp³-hybridized carbons (Fsp3) is 0.438. The van der Waals surface area contributed by atoms with E-state index in [2.05, 4.69) is 11.1 Å². The van der Waals surface area contributed by atoms with Crippen LogP contribution in [0.15, 0.2) is 29.1 Å². The Labute approximate surface area is 113 Å². The Bertz CT molecular complexity index is 601. The number of pyridine rings is 1. The van der Waals surface area contributed by atoms with Crippen molar-refractivity contribution in [3.05, 3.63) is 45.7 Å². The van der Waals surface area contributed by atoms with Gasteiger partial charge in [-0.2, -0.15) is 0 Å². The van der Waals surface area contributed by atoms with E-state index in [0.29, 0.717) is 0 Å². The molecule has 0 atom stereocenters. The van der Waals surface area contributed by atoms with Crippen LogP contribution in [0.3, 0.4) is 0 Å². The van der Waals surface area contributed by atoms with Crippen LogP contribution in [0.5, 0.6) is 0 Å². The van der Waals surface area contributed by atoms with Crippen LogP contribution in [0.4, 0.5) is 0 Å². The van der Waals surface area contributed by atoms with E-state index in [1.807, 2.05) is 25.1 Å². The molecule has 2 rings (SSSR count). The molecular weight excluding hydrogens is 238 g/mol. The molecule has 1 N–H and O–H groups in total. The van der Waals surface area contributed by atoms with E-state index in [9.17, 15) is 4.79 Å². The van der Waals surface area contributed by atoms with E-state index < -0.39 is 0 Å². The van der Waals surface area contributed by atoms with Gasteiger partial charge in [0, 0.05) is 30.2 Å². The molecule has 0 spiro atoms. The smallest absolute Gasteiger partial charge is 0.251 e. The number of para-hydroxylation sites is 1. The first-order chi connectivity index (χ1) is 9.24. The highest BCUT2D eigenvalue weighted by atomic mass is 16.5. The standard InChI is InChI=1S/C16H21NO2/c1-12-13-8-5-6-10-15(13)17-16(18)14(12)9-4-3-7-11-19-2/h5-6,8,10H,3-4,7,9,11H2,1-2H3,(H,17,18). The van der Waals surface area contributed by atoms with Gasteiger partial charge in [0.15, 0.2) is 0 Å². The number of aromatic amines is 1. The van der Waals surface area contributed by atoms with E-state index >= 15 is 0 Å². The molecule has 0 radical (unpaired) electrons. The van der Waals surface area contributed by atoms with Gasteiger partial charge in [-0.25, -0.2) is 0 Å². The van der Waals surface area contributed by atoms with E-state index in [4.69, 9.17) is 4.74 Å². The van der Waals surface area contributed by atoms with Crippen LogP contribution in [0.2, 0.25) is 0 Å². The summed E-state index contributed by atoms with van der Waals surface area (Å²) in [5.41, 5.74) is 3.03. The monoisotopic (exact) mass is 259 g/mol. The predicted molar refractivity (Wildman–Crippen MR) is 78.7 cm³/mol. The molecule has 0 unspecified atom stereocenters. The summed E-state index contributed by atoms with van der Waals surface area (Å²) in [4.78, 5) is 15.1. The molecule has 1 aromatic carbocycles. The Morgan fingerprint density at radius 2 is 1.95 bits per heavy atom. The van der Waals surface area contributed by atoms with Crippen molar-refractivity contribution in [3.8, 4) is 0 Å². The number of aryl methyl sites for hydroxylation is 1. The number of hydrogen-bond acceptors (Lipinski definition) is 2. The molecule has 19 heavy (non-hydrogen) atoms. The quantitative estimate of drug-likeness (QED) is 0.809. The summed E-state index contributed by atoms with van der Waals surface area (Å²) in [6.07, 6.45) is 4.03. The Kier molecular flexibility index (Phi) is 4.74. The first-order valence-electron chi connectivity index (χ1n) is 6.83. The van der Waals surface area contributed by atoms with Gasteiger partial charge in [0.2, 0.25) is 0 Å². The lowest BCUT2D eigenvalue weighted by Crippen LogP contribution is -2.15. The minimum absolute atomic E-state index is 0.0583. The lowest BCUT2D eigenvalue weighted by molar-refractivity contribution is 0.192. The van der Waals surface area contributed by atoms with Gasteiger partial charge in [0.25, 0.3) is 5.56 Å². The van der Waals surface area contributed by atoms with Gasteiger partial charge >= 0.3 is 0 Å². The predicted octanol–water partition coefficient (Wildman–Crippen LogP) is 3.20. The molecule has 2 aromatic rings. The number of aromatic nitrogens is 1. The molecule has 1 heterocycles. The van der Waals surface area contributed by atoms with Crippen LogP contribution in [0.25, 0.3) is 10.9 Å². The Hall–Kier alpha value is -1.61. The first kappa shape index (κ1) is 13.8. The SMILES string of the molecule is COCCCCCc1c(C)c2ccccc2[nH]c1=O. The van der Waals surface area contributed by atoms with E-state index in [1.54, 1.807) is 7.11 Å². The average molecular weight is 259 g/mol. The minimum Gasteiger partial charge on any atom is -0.385 e. The van der Waals surface area contributed by atoms with Crippen LogP contribution in [-0.2, 0) is 11.2 Å². The number of nitrogens with one attached hydrogen (secondary N) is 1. The van der Waals surface area contributed by atoms with Crippen LogP contribution >= 0.6 is 0 Å². The summed E-state index contributed by atoms with van der Waals surface area (Å²) in [6.45, 7) is 2.84. The van der Waals surface area contributed by atoms with Crippen molar-refractivity contribution < 1.29 is 4.74 Å². The molecule has 0 amide bonds. The number of rotatable bonds is 6. The van der Waals surface area contributed by atoms with Gasteiger partial charge in [-0.1, -0.05) is 24.6 Å². The summed E-state index contributed by atoms with van der Waals surface area (Å²) >= 11 is 0. The summed E-state index contributed by atoms with van der Waals surface area (Å²) in [5, 5.41) is 1.15. The lowest BCUT2D eigenvalue weighted by atomic mass is 10.00. The summed E-state index contributed by atoms with van der Waals surface area (Å²) in [5.74, 6) is 0. The van der Waals surface area contributed by atoms with E-state index in [-0.39, 0.29) is 5.56 Å². The molecule has 0 aliphatic rings. The second-order valence-electron chi connectivity index (χ2n) is 4.91. The number of benzene rings is 1. The Morgan fingerprint density at radius 3 is 2.74 bits per heavy atom. The molecule has 0 saturated carbocycles. The van der Waals surface area contributed by atoms with Crippen molar-refractivity contribution in [2.24, 2.45) is 0 Å². The molecule has 0 bridgehead atoms. The third kappa shape index (κ3) is 3.24. The molecule has 1 aromatic heterocycles. The van der Waals surface area contributed by atoms with Gasteiger partial charge in [-0.05, 0) is 37.8 Å². The number of unbranched alkanes of at least 4 members (excludes halogenated alkanes) is 2. The number of H-pyrrole nitrogens is 1. The molecule has 0 saturated heterocycles. The number of methoxy groups -OCH3 is 1. The fourth-order valence-corrected chi connectivity index (χ4v) is 2.48. The minimum atomic E-state index is 0.0583. The number of hydrogen-bond donors (Lipinski definition) is 1. The van der Waals surface area contributed by atoms with Crippen LogP contribution in [0.1, 0.15) is 30.4 Å². The topological polar surface area (TPSA) is 42.1 Å². The van der Waals surface area contributed by atoms with Crippen molar-refractivity contribution in [3.63, 3.8) is 0 Å². The second-order valence-corrected chi connectivity index (χ2v) is 4.91. The van der Waals surface area contributed by atoms with Gasteiger partial charge in [-0.3, -0.25) is 4.79 Å². The largest absolute Gasteiger partial charge is 0.385 e. The van der Waals surface area contributed by atoms with Gasteiger partial charge < -0.3 is 9.72 Å². The number of ether oxygens (including phenoxy) is 1. The normalized spacial score (nSPS) is 11.1. The molecule has 3 nitrogen and oxygen atoms in total. The maximum absolute atomic E-state index is 12.1. The Morgan fingerprint density at radius 1 is 1.16 bits per heavy atom. The number of fused-ring (bicyclic) bond motifs is 1. The van der Waals surface area contributed by atoms with Crippen LogP contribution < -0.4 is 5.56 Å². The summed E-state index contributed by atoms with van der Waals surface area (Å²) in [6, 6.07) is 7.97. The highest BCUT2D eigenvalue weighted by Crippen LogP contribution is 2.18. The molecular formula is C16H21NO2. The van der Waals surface area contributed by atoms with Crippen molar-refractivity contribution in [2.75, 3.05) is 13.7 Å². The first-order valence-corrected chi connectivity index (χ1v) is 6.83. The molecule has 0 fully saturated rings. The Balaban J connectivity index is 2.16. The molecule has 0 aliphatic carbocycles. The van der Waals surface area contributed by atoms with Crippen LogP contribution in [0, 0.1) is 6.92 Å². The fourth-order valence-electron chi connectivity index (χ4n) is 2.48. The van der Waals surface area contributed by atoms with E-state index in [0.717, 1.165) is 54.3 Å². The van der Waals surface area contributed by atoms with Crippen molar-refractivity contribution in [1.29, 1.82) is 0 Å². The summed E-state index contributed by atoms with van der Waals surface area (Å²) < 4.78 is 5.03. The highest BCUT2D eigenvalue weighted by molar-refractivity contribution is 5.82. The van der Waals surface area contributed by atoms with Crippen molar-refractivity contribution >= 4 is 10.9 Å². The highest BCUT2D eigenvalue weighted by Gasteiger charge is 2.08. The average Bonchev–Trinajstić information content (AvgIpc) is 2.42. The van der Waals surface area contributed by atoms with Gasteiger partial charge in [0.1, 0.15) is 0 Å².